The van der Waals surface area contributed by atoms with Crippen molar-refractivity contribution in [1.29, 1.82) is 0 Å². The Kier molecular flexibility index (Phi) is 7.23. The van der Waals surface area contributed by atoms with E-state index >= 15 is 0 Å². The number of thiophene rings is 1. The maximum absolute atomic E-state index is 13.3. The molecule has 3 aromatic rings. The second-order valence-corrected chi connectivity index (χ2v) is 10.1. The third kappa shape index (κ3) is 4.42. The van der Waals surface area contributed by atoms with E-state index in [1.807, 2.05) is 38.1 Å². The molecule has 0 radical (unpaired) electrons. The highest BCUT2D eigenvalue weighted by Gasteiger charge is 2.23. The van der Waals surface area contributed by atoms with Gasteiger partial charge in [0, 0.05) is 42.5 Å². The first-order chi connectivity index (χ1) is 14.0. The van der Waals surface area contributed by atoms with E-state index in [-0.39, 0.29) is 12.4 Å². The molecule has 6 nitrogen and oxygen atoms in total. The highest BCUT2D eigenvalue weighted by molar-refractivity contribution is 7.94. The SMILES string of the molecule is CCc1cccc(CC)c1NS(=O)(=O)c1cc2c(N3CCNCC3)nccc2s1.Cl. The number of aryl methyl sites for hydroxylation is 2. The first kappa shape index (κ1) is 22.8. The minimum Gasteiger partial charge on any atom is -0.354 e. The van der Waals surface area contributed by atoms with E-state index in [2.05, 4.69) is 19.9 Å². The molecule has 4 rings (SSSR count). The number of nitrogens with one attached hydrogen (secondary N) is 2. The van der Waals surface area contributed by atoms with E-state index in [9.17, 15) is 8.42 Å². The van der Waals surface area contributed by atoms with Crippen molar-refractivity contribution in [2.24, 2.45) is 0 Å². The van der Waals surface area contributed by atoms with Crippen LogP contribution in [0.15, 0.2) is 40.7 Å². The first-order valence-corrected chi connectivity index (χ1v) is 12.3. The number of para-hydroxylation sites is 1. The van der Waals surface area contributed by atoms with Crippen LogP contribution in [0.25, 0.3) is 10.1 Å². The monoisotopic (exact) mass is 466 g/mol. The molecule has 2 aromatic heterocycles. The second kappa shape index (κ2) is 9.51. The molecule has 1 fully saturated rings. The van der Waals surface area contributed by atoms with Gasteiger partial charge < -0.3 is 10.2 Å². The number of hydrogen-bond acceptors (Lipinski definition) is 6. The van der Waals surface area contributed by atoms with Gasteiger partial charge in [-0.15, -0.1) is 23.7 Å². The van der Waals surface area contributed by atoms with Gasteiger partial charge >= 0.3 is 0 Å². The first-order valence-electron chi connectivity index (χ1n) is 10.0. The number of pyridine rings is 1. The van der Waals surface area contributed by atoms with Crippen LogP contribution in [0.4, 0.5) is 11.5 Å². The van der Waals surface area contributed by atoms with Gasteiger partial charge in [-0.05, 0) is 36.1 Å². The van der Waals surface area contributed by atoms with Gasteiger partial charge in [0.1, 0.15) is 10.0 Å². The fourth-order valence-corrected chi connectivity index (χ4v) is 6.27. The molecule has 0 aliphatic carbocycles. The molecule has 30 heavy (non-hydrogen) atoms. The normalized spacial score (nSPS) is 14.5. The Labute approximate surface area is 188 Å². The largest absolute Gasteiger partial charge is 0.354 e. The molecule has 9 heteroatoms. The lowest BCUT2D eigenvalue weighted by Gasteiger charge is -2.28. The maximum atomic E-state index is 13.3. The minimum absolute atomic E-state index is 0. The number of nitrogens with zero attached hydrogens (tertiary/aromatic N) is 2. The van der Waals surface area contributed by atoms with Crippen LogP contribution < -0.4 is 14.9 Å². The number of halogens is 1. The van der Waals surface area contributed by atoms with Crippen molar-refractivity contribution < 1.29 is 8.42 Å². The van der Waals surface area contributed by atoms with Crippen LogP contribution in [0.5, 0.6) is 0 Å². The lowest BCUT2D eigenvalue weighted by Crippen LogP contribution is -2.43. The van der Waals surface area contributed by atoms with E-state index < -0.39 is 10.0 Å². The zero-order valence-electron chi connectivity index (χ0n) is 17.1. The Hall–Kier alpha value is -1.87. The van der Waals surface area contributed by atoms with Crippen molar-refractivity contribution in [3.05, 3.63) is 47.7 Å². The van der Waals surface area contributed by atoms with Crippen molar-refractivity contribution in [3.8, 4) is 0 Å². The Morgan fingerprint density at radius 3 is 2.43 bits per heavy atom. The smallest absolute Gasteiger partial charge is 0.271 e. The van der Waals surface area contributed by atoms with Crippen LogP contribution in [0.2, 0.25) is 0 Å². The number of hydrogen-bond donors (Lipinski definition) is 2. The zero-order valence-corrected chi connectivity index (χ0v) is 19.6. The van der Waals surface area contributed by atoms with Crippen LogP contribution in [0.3, 0.4) is 0 Å². The quantitative estimate of drug-likeness (QED) is 0.573. The number of rotatable bonds is 6. The number of piperazine rings is 1. The predicted octanol–water partition coefficient (Wildman–Crippen LogP) is 4.05. The fraction of sp³-hybridized carbons (Fsp3) is 0.381. The van der Waals surface area contributed by atoms with Crippen molar-refractivity contribution in [3.63, 3.8) is 0 Å². The Morgan fingerprint density at radius 2 is 1.80 bits per heavy atom. The lowest BCUT2D eigenvalue weighted by atomic mass is 10.0. The summed E-state index contributed by atoms with van der Waals surface area (Å²) in [6, 6.07) is 9.61. The third-order valence-corrected chi connectivity index (χ3v) is 8.24. The van der Waals surface area contributed by atoms with Crippen LogP contribution in [0, 0.1) is 0 Å². The molecule has 1 saturated heterocycles. The number of fused-ring (bicyclic) bond motifs is 1. The van der Waals surface area contributed by atoms with Gasteiger partial charge in [0.05, 0.1) is 5.69 Å². The number of benzene rings is 1. The molecule has 0 amide bonds. The van der Waals surface area contributed by atoms with Crippen LogP contribution in [-0.4, -0.2) is 39.6 Å². The molecule has 0 atom stereocenters. The van der Waals surface area contributed by atoms with Crippen molar-refractivity contribution in [2.75, 3.05) is 35.8 Å². The summed E-state index contributed by atoms with van der Waals surface area (Å²) >= 11 is 1.30. The standard InChI is InChI=1S/C21H26N4O2S2.ClH/c1-3-15-6-5-7-16(4-2)20(15)24-29(26,27)19-14-17-18(28-19)8-9-23-21(17)25-12-10-22-11-13-25;/h5-9,14,22,24H,3-4,10-13H2,1-2H3;1H. The van der Waals surface area contributed by atoms with Gasteiger partial charge in [0.25, 0.3) is 10.0 Å². The van der Waals surface area contributed by atoms with Gasteiger partial charge in [0.2, 0.25) is 0 Å². The molecule has 162 valence electrons. The molecule has 1 aliphatic heterocycles. The van der Waals surface area contributed by atoms with Crippen molar-refractivity contribution in [1.82, 2.24) is 10.3 Å². The molecule has 0 unspecified atom stereocenters. The summed E-state index contributed by atoms with van der Waals surface area (Å²) in [6.07, 6.45) is 3.31. The molecular formula is C21H27ClN4O2S2. The van der Waals surface area contributed by atoms with Crippen molar-refractivity contribution in [2.45, 2.75) is 30.9 Å². The van der Waals surface area contributed by atoms with Crippen molar-refractivity contribution >= 4 is 55.4 Å². The van der Waals surface area contributed by atoms with E-state index in [0.29, 0.717) is 4.21 Å². The Balaban J connectivity index is 0.00000256. The number of aromatic nitrogens is 1. The van der Waals surface area contributed by atoms with Crippen LogP contribution in [-0.2, 0) is 22.9 Å². The third-order valence-electron chi connectivity index (χ3n) is 5.32. The van der Waals surface area contributed by atoms with Crippen LogP contribution >= 0.6 is 23.7 Å². The molecule has 1 aliphatic rings. The van der Waals surface area contributed by atoms with Crippen LogP contribution in [0.1, 0.15) is 25.0 Å². The predicted molar refractivity (Wildman–Crippen MR) is 128 cm³/mol. The van der Waals surface area contributed by atoms with Gasteiger partial charge in [-0.1, -0.05) is 32.0 Å². The van der Waals surface area contributed by atoms with Gasteiger partial charge in [-0.2, -0.15) is 0 Å². The minimum atomic E-state index is -3.68. The van der Waals surface area contributed by atoms with E-state index in [4.69, 9.17) is 0 Å². The molecule has 1 aromatic carbocycles. The second-order valence-electron chi connectivity index (χ2n) is 7.11. The highest BCUT2D eigenvalue weighted by atomic mass is 35.5. The molecule has 0 bridgehead atoms. The van der Waals surface area contributed by atoms with E-state index in [1.54, 1.807) is 12.3 Å². The summed E-state index contributed by atoms with van der Waals surface area (Å²) in [6.45, 7) is 7.62. The maximum Gasteiger partial charge on any atom is 0.271 e. The topological polar surface area (TPSA) is 74.3 Å². The van der Waals surface area contributed by atoms with Gasteiger partial charge in [-0.3, -0.25) is 4.72 Å². The summed E-state index contributed by atoms with van der Waals surface area (Å²) in [7, 11) is -3.68. The van der Waals surface area contributed by atoms with E-state index in [0.717, 1.165) is 71.7 Å². The average Bonchev–Trinajstić information content (AvgIpc) is 3.20. The average molecular weight is 467 g/mol. The summed E-state index contributed by atoms with van der Waals surface area (Å²) in [5, 5.41) is 4.24. The highest BCUT2D eigenvalue weighted by Crippen LogP contribution is 2.35. The molecule has 0 saturated carbocycles. The molecular weight excluding hydrogens is 440 g/mol. The van der Waals surface area contributed by atoms with Gasteiger partial charge in [-0.25, -0.2) is 13.4 Å². The molecule has 2 N–H and O–H groups in total. The van der Waals surface area contributed by atoms with Gasteiger partial charge in [0.15, 0.2) is 0 Å². The number of anilines is 2. The molecule has 0 spiro atoms. The summed E-state index contributed by atoms with van der Waals surface area (Å²) in [5.74, 6) is 0.866. The number of sulfonamides is 1. The summed E-state index contributed by atoms with van der Waals surface area (Å²) < 4.78 is 30.6. The zero-order chi connectivity index (χ0) is 20.4. The fourth-order valence-electron chi connectivity index (χ4n) is 3.74. The van der Waals surface area contributed by atoms with E-state index in [1.165, 1.54) is 11.3 Å². The Morgan fingerprint density at radius 1 is 1.13 bits per heavy atom. The summed E-state index contributed by atoms with van der Waals surface area (Å²) in [5.41, 5.74) is 2.74. The lowest BCUT2D eigenvalue weighted by molar-refractivity contribution is 0.586. The summed E-state index contributed by atoms with van der Waals surface area (Å²) in [4.78, 5) is 6.77. The molecule has 3 heterocycles. The Bertz CT molecular complexity index is 1100.